The Bertz CT molecular complexity index is 293. The van der Waals surface area contributed by atoms with Crippen molar-refractivity contribution in [2.24, 2.45) is 10.4 Å². The molecule has 1 rings (SSSR count). The molecular formula is C11H15NO. The van der Waals surface area contributed by atoms with Crippen molar-refractivity contribution in [1.29, 1.82) is 0 Å². The molecule has 1 aromatic carbocycles. The van der Waals surface area contributed by atoms with Crippen molar-refractivity contribution >= 4 is 11.9 Å². The highest BCUT2D eigenvalue weighted by Gasteiger charge is 2.04. The first-order valence-corrected chi connectivity index (χ1v) is 4.32. The Labute approximate surface area is 78.9 Å². The second-order valence-electron chi connectivity index (χ2n) is 4.14. The molecule has 0 atom stereocenters. The van der Waals surface area contributed by atoms with Crippen LogP contribution in [-0.4, -0.2) is 11.3 Å². The molecule has 0 saturated carbocycles. The fourth-order valence-corrected chi connectivity index (χ4v) is 0.807. The summed E-state index contributed by atoms with van der Waals surface area (Å²) in [5.41, 5.74) is 0.963. The normalized spacial score (nSPS) is 12.2. The van der Waals surface area contributed by atoms with Gasteiger partial charge >= 0.3 is 0 Å². The van der Waals surface area contributed by atoms with Gasteiger partial charge in [0.1, 0.15) is 5.75 Å². The molecule has 2 heteroatoms. The molecule has 0 radical (unpaired) electrons. The lowest BCUT2D eigenvalue weighted by Crippen LogP contribution is -2.05. The van der Waals surface area contributed by atoms with Crippen LogP contribution in [0.5, 0.6) is 5.75 Å². The number of nitrogens with zero attached hydrogens (tertiary/aromatic N) is 1. The average molecular weight is 177 g/mol. The molecule has 0 aliphatic rings. The zero-order valence-electron chi connectivity index (χ0n) is 8.28. The van der Waals surface area contributed by atoms with Gasteiger partial charge in [0.2, 0.25) is 0 Å². The van der Waals surface area contributed by atoms with Crippen LogP contribution in [-0.2, 0) is 0 Å². The molecule has 13 heavy (non-hydrogen) atoms. The van der Waals surface area contributed by atoms with Crippen LogP contribution in [0.25, 0.3) is 0 Å². The highest BCUT2D eigenvalue weighted by molar-refractivity contribution is 5.68. The maximum Gasteiger partial charge on any atom is 0.115 e. The van der Waals surface area contributed by atoms with Gasteiger partial charge in [-0.25, -0.2) is 0 Å². The SMILES string of the molecule is CC(C)(C)C=Nc1ccc(O)cc1. The van der Waals surface area contributed by atoms with E-state index in [1.807, 2.05) is 6.21 Å². The first-order chi connectivity index (χ1) is 5.97. The molecule has 70 valence electrons. The fourth-order valence-electron chi connectivity index (χ4n) is 0.807. The van der Waals surface area contributed by atoms with Crippen molar-refractivity contribution in [2.45, 2.75) is 20.8 Å². The summed E-state index contributed by atoms with van der Waals surface area (Å²) in [6, 6.07) is 6.85. The molecule has 0 amide bonds. The van der Waals surface area contributed by atoms with Gasteiger partial charge in [-0.1, -0.05) is 20.8 Å². The quantitative estimate of drug-likeness (QED) is 0.657. The van der Waals surface area contributed by atoms with Crippen molar-refractivity contribution in [1.82, 2.24) is 0 Å². The van der Waals surface area contributed by atoms with E-state index in [1.165, 1.54) is 0 Å². The molecule has 0 heterocycles. The van der Waals surface area contributed by atoms with E-state index in [0.717, 1.165) is 5.69 Å². The smallest absolute Gasteiger partial charge is 0.115 e. The van der Waals surface area contributed by atoms with E-state index < -0.39 is 0 Å². The molecule has 0 aliphatic heterocycles. The molecule has 1 N–H and O–H groups in total. The topological polar surface area (TPSA) is 32.6 Å². The second-order valence-corrected chi connectivity index (χ2v) is 4.14. The number of phenols is 1. The summed E-state index contributed by atoms with van der Waals surface area (Å²) in [6.07, 6.45) is 1.90. The predicted molar refractivity (Wildman–Crippen MR) is 55.7 cm³/mol. The number of hydrogen-bond acceptors (Lipinski definition) is 2. The van der Waals surface area contributed by atoms with Gasteiger partial charge in [0, 0.05) is 6.21 Å². The van der Waals surface area contributed by atoms with Crippen LogP contribution in [0.3, 0.4) is 0 Å². The minimum atomic E-state index is 0.0951. The molecule has 0 unspecified atom stereocenters. The van der Waals surface area contributed by atoms with Crippen LogP contribution in [0, 0.1) is 5.41 Å². The Hall–Kier alpha value is -1.31. The first-order valence-electron chi connectivity index (χ1n) is 4.32. The molecule has 0 fully saturated rings. The summed E-state index contributed by atoms with van der Waals surface area (Å²) in [4.78, 5) is 4.28. The van der Waals surface area contributed by atoms with E-state index in [0.29, 0.717) is 0 Å². The van der Waals surface area contributed by atoms with Gasteiger partial charge in [0.25, 0.3) is 0 Å². The van der Waals surface area contributed by atoms with Crippen LogP contribution in [0.1, 0.15) is 20.8 Å². The van der Waals surface area contributed by atoms with E-state index in [2.05, 4.69) is 25.8 Å². The summed E-state index contributed by atoms with van der Waals surface area (Å²) in [5, 5.41) is 9.03. The predicted octanol–water partition coefficient (Wildman–Crippen LogP) is 3.14. The van der Waals surface area contributed by atoms with E-state index >= 15 is 0 Å². The Morgan fingerprint density at radius 1 is 1.15 bits per heavy atom. The third kappa shape index (κ3) is 3.74. The third-order valence-corrected chi connectivity index (χ3v) is 1.45. The minimum absolute atomic E-state index is 0.0951. The summed E-state index contributed by atoms with van der Waals surface area (Å²) in [7, 11) is 0. The Kier molecular flexibility index (Phi) is 2.71. The van der Waals surface area contributed by atoms with E-state index in [9.17, 15) is 0 Å². The number of benzene rings is 1. The van der Waals surface area contributed by atoms with Gasteiger partial charge in [-0.05, 0) is 29.7 Å². The highest BCUT2D eigenvalue weighted by Crippen LogP contribution is 2.18. The molecular weight excluding hydrogens is 162 g/mol. The largest absolute Gasteiger partial charge is 0.508 e. The maximum atomic E-state index is 9.03. The van der Waals surface area contributed by atoms with Crippen LogP contribution in [0.15, 0.2) is 29.3 Å². The Morgan fingerprint density at radius 3 is 2.15 bits per heavy atom. The standard InChI is InChI=1S/C11H15NO/c1-11(2,3)8-12-9-4-6-10(13)7-5-9/h4-8,13H,1-3H3. The molecule has 1 aromatic rings. The molecule has 0 aromatic heterocycles. The highest BCUT2D eigenvalue weighted by atomic mass is 16.3. The maximum absolute atomic E-state index is 9.03. The van der Waals surface area contributed by atoms with Crippen LogP contribution < -0.4 is 0 Å². The zero-order valence-corrected chi connectivity index (χ0v) is 8.28. The van der Waals surface area contributed by atoms with E-state index in [4.69, 9.17) is 5.11 Å². The average Bonchev–Trinajstić information content (AvgIpc) is 2.02. The second kappa shape index (κ2) is 3.60. The number of rotatable bonds is 1. The van der Waals surface area contributed by atoms with Crippen molar-refractivity contribution in [3.05, 3.63) is 24.3 Å². The zero-order chi connectivity index (χ0) is 9.90. The summed E-state index contributed by atoms with van der Waals surface area (Å²) in [5.74, 6) is 0.273. The lowest BCUT2D eigenvalue weighted by Gasteiger charge is -2.09. The number of aromatic hydroxyl groups is 1. The van der Waals surface area contributed by atoms with Crippen molar-refractivity contribution in [3.63, 3.8) is 0 Å². The summed E-state index contributed by atoms with van der Waals surface area (Å²) in [6.45, 7) is 6.28. The van der Waals surface area contributed by atoms with Gasteiger partial charge in [-0.15, -0.1) is 0 Å². The third-order valence-electron chi connectivity index (χ3n) is 1.45. The van der Waals surface area contributed by atoms with Gasteiger partial charge in [-0.2, -0.15) is 0 Å². The Balaban J connectivity index is 2.75. The monoisotopic (exact) mass is 177 g/mol. The van der Waals surface area contributed by atoms with Gasteiger partial charge in [-0.3, -0.25) is 4.99 Å². The summed E-state index contributed by atoms with van der Waals surface area (Å²) < 4.78 is 0. The van der Waals surface area contributed by atoms with Crippen molar-refractivity contribution in [3.8, 4) is 5.75 Å². The lowest BCUT2D eigenvalue weighted by molar-refractivity contribution is 0.475. The summed E-state index contributed by atoms with van der Waals surface area (Å²) >= 11 is 0. The van der Waals surface area contributed by atoms with Gasteiger partial charge in [0.05, 0.1) is 5.69 Å². The molecule has 0 spiro atoms. The molecule has 2 nitrogen and oxygen atoms in total. The molecule has 0 aliphatic carbocycles. The van der Waals surface area contributed by atoms with Crippen molar-refractivity contribution in [2.75, 3.05) is 0 Å². The van der Waals surface area contributed by atoms with Crippen LogP contribution in [0.4, 0.5) is 5.69 Å². The fraction of sp³-hybridized carbons (Fsp3) is 0.364. The van der Waals surface area contributed by atoms with Crippen LogP contribution in [0.2, 0.25) is 0 Å². The van der Waals surface area contributed by atoms with Gasteiger partial charge in [0.15, 0.2) is 0 Å². The number of hydrogen-bond donors (Lipinski definition) is 1. The Morgan fingerprint density at radius 2 is 1.69 bits per heavy atom. The van der Waals surface area contributed by atoms with E-state index in [-0.39, 0.29) is 11.2 Å². The minimum Gasteiger partial charge on any atom is -0.508 e. The van der Waals surface area contributed by atoms with Crippen molar-refractivity contribution < 1.29 is 5.11 Å². The lowest BCUT2D eigenvalue weighted by atomic mass is 9.99. The number of phenolic OH excluding ortho intramolecular Hbond substituents is 1. The molecule has 0 bridgehead atoms. The van der Waals surface area contributed by atoms with Crippen LogP contribution >= 0.6 is 0 Å². The first kappa shape index (κ1) is 9.78. The molecule has 0 saturated heterocycles. The van der Waals surface area contributed by atoms with Gasteiger partial charge < -0.3 is 5.11 Å². The van der Waals surface area contributed by atoms with E-state index in [1.54, 1.807) is 24.3 Å². The number of aliphatic imine (C=N–C) groups is 1.